The van der Waals surface area contributed by atoms with Gasteiger partial charge < -0.3 is 4.98 Å². The Morgan fingerprint density at radius 2 is 1.80 bits per heavy atom. The Bertz CT molecular complexity index is 540. The van der Waals surface area contributed by atoms with Gasteiger partial charge in [-0.25, -0.2) is 0 Å². The molecule has 0 bridgehead atoms. The summed E-state index contributed by atoms with van der Waals surface area (Å²) >= 11 is 0. The van der Waals surface area contributed by atoms with Crippen molar-refractivity contribution in [3.63, 3.8) is 0 Å². The number of aryl methyl sites for hydroxylation is 2. The number of nitrogens with one attached hydrogen (secondary N) is 1. The van der Waals surface area contributed by atoms with Crippen molar-refractivity contribution in [1.82, 2.24) is 4.98 Å². The summed E-state index contributed by atoms with van der Waals surface area (Å²) in [5.74, 6) is 0. The molecule has 76 valence electrons. The minimum absolute atomic E-state index is 0.0458. The fourth-order valence-corrected chi connectivity index (χ4v) is 1.70. The minimum Gasteiger partial charge on any atom is -0.358 e. The van der Waals surface area contributed by atoms with E-state index in [1.165, 1.54) is 5.56 Å². The fourth-order valence-electron chi connectivity index (χ4n) is 1.70. The van der Waals surface area contributed by atoms with E-state index in [0.29, 0.717) is 0 Å². The fraction of sp³-hybridized carbons (Fsp3) is 0.154. The topological polar surface area (TPSA) is 32.9 Å². The third-order valence-corrected chi connectivity index (χ3v) is 2.41. The van der Waals surface area contributed by atoms with E-state index in [4.69, 9.17) is 0 Å². The maximum absolute atomic E-state index is 11.4. The SMILES string of the molecule is Cc1cc(=O)cc(-c2ccccc2C)[nH]1. The molecule has 1 heterocycles. The van der Waals surface area contributed by atoms with Gasteiger partial charge >= 0.3 is 0 Å². The van der Waals surface area contributed by atoms with E-state index in [1.807, 2.05) is 38.1 Å². The molecule has 0 saturated heterocycles. The van der Waals surface area contributed by atoms with E-state index in [0.717, 1.165) is 17.0 Å². The van der Waals surface area contributed by atoms with Crippen LogP contribution in [0.15, 0.2) is 41.2 Å². The van der Waals surface area contributed by atoms with Crippen LogP contribution < -0.4 is 5.43 Å². The van der Waals surface area contributed by atoms with Gasteiger partial charge in [0.2, 0.25) is 0 Å². The highest BCUT2D eigenvalue weighted by Gasteiger charge is 2.02. The lowest BCUT2D eigenvalue weighted by Gasteiger charge is -2.06. The standard InChI is InChI=1S/C13H13NO/c1-9-5-3-4-6-12(9)13-8-11(15)7-10(2)14-13/h3-8H,1-2H3,(H,14,15). The molecule has 0 atom stereocenters. The Labute approximate surface area is 88.6 Å². The van der Waals surface area contributed by atoms with Crippen LogP contribution in [-0.2, 0) is 0 Å². The number of hydrogen-bond donors (Lipinski definition) is 1. The quantitative estimate of drug-likeness (QED) is 0.752. The van der Waals surface area contributed by atoms with Gasteiger partial charge in [0.05, 0.1) is 0 Å². The van der Waals surface area contributed by atoms with Crippen molar-refractivity contribution in [1.29, 1.82) is 0 Å². The zero-order chi connectivity index (χ0) is 10.8. The Hall–Kier alpha value is -1.83. The summed E-state index contributed by atoms with van der Waals surface area (Å²) in [4.78, 5) is 14.6. The largest absolute Gasteiger partial charge is 0.358 e. The van der Waals surface area contributed by atoms with Crippen LogP contribution in [0, 0.1) is 13.8 Å². The van der Waals surface area contributed by atoms with Crippen molar-refractivity contribution in [3.8, 4) is 11.3 Å². The normalized spacial score (nSPS) is 10.3. The smallest absolute Gasteiger partial charge is 0.182 e. The summed E-state index contributed by atoms with van der Waals surface area (Å²) < 4.78 is 0. The third-order valence-electron chi connectivity index (χ3n) is 2.41. The summed E-state index contributed by atoms with van der Waals surface area (Å²) in [6.07, 6.45) is 0. The second-order valence-electron chi connectivity index (χ2n) is 3.73. The van der Waals surface area contributed by atoms with Gasteiger partial charge in [-0.2, -0.15) is 0 Å². The summed E-state index contributed by atoms with van der Waals surface area (Å²) in [5.41, 5.74) is 4.07. The van der Waals surface area contributed by atoms with Gasteiger partial charge in [-0.05, 0) is 19.4 Å². The first-order valence-electron chi connectivity index (χ1n) is 4.94. The second kappa shape index (κ2) is 3.73. The Balaban J connectivity index is 2.64. The molecule has 2 nitrogen and oxygen atoms in total. The highest BCUT2D eigenvalue weighted by molar-refractivity contribution is 5.63. The number of aromatic amines is 1. The van der Waals surface area contributed by atoms with Crippen molar-refractivity contribution in [2.24, 2.45) is 0 Å². The molecule has 2 rings (SSSR count). The molecular formula is C13H13NO. The molecule has 0 spiro atoms. The minimum atomic E-state index is 0.0458. The van der Waals surface area contributed by atoms with Crippen LogP contribution in [0.2, 0.25) is 0 Å². The second-order valence-corrected chi connectivity index (χ2v) is 3.73. The van der Waals surface area contributed by atoms with Crippen molar-refractivity contribution in [2.45, 2.75) is 13.8 Å². The third kappa shape index (κ3) is 1.99. The highest BCUT2D eigenvalue weighted by Crippen LogP contribution is 2.19. The predicted octanol–water partition coefficient (Wildman–Crippen LogP) is 2.66. The van der Waals surface area contributed by atoms with Gasteiger partial charge in [0.25, 0.3) is 0 Å². The zero-order valence-electron chi connectivity index (χ0n) is 8.87. The first kappa shape index (κ1) is 9.71. The highest BCUT2D eigenvalue weighted by atomic mass is 16.1. The average Bonchev–Trinajstić information content (AvgIpc) is 2.16. The van der Waals surface area contributed by atoms with Gasteiger partial charge in [-0.3, -0.25) is 4.79 Å². The summed E-state index contributed by atoms with van der Waals surface area (Å²) in [7, 11) is 0. The molecule has 2 heteroatoms. The van der Waals surface area contributed by atoms with E-state index >= 15 is 0 Å². The Kier molecular flexibility index (Phi) is 2.42. The molecule has 0 aliphatic carbocycles. The number of H-pyrrole nitrogens is 1. The number of aromatic nitrogens is 1. The van der Waals surface area contributed by atoms with E-state index in [2.05, 4.69) is 4.98 Å². The molecule has 0 unspecified atom stereocenters. The lowest BCUT2D eigenvalue weighted by molar-refractivity contribution is 1.18. The monoisotopic (exact) mass is 199 g/mol. The van der Waals surface area contributed by atoms with Gasteiger partial charge in [0, 0.05) is 29.1 Å². The molecular weight excluding hydrogens is 186 g/mol. The van der Waals surface area contributed by atoms with Gasteiger partial charge in [0.15, 0.2) is 5.43 Å². The van der Waals surface area contributed by atoms with Crippen molar-refractivity contribution in [3.05, 3.63) is 57.9 Å². The lowest BCUT2D eigenvalue weighted by Crippen LogP contribution is -2.02. The zero-order valence-corrected chi connectivity index (χ0v) is 8.87. The maximum Gasteiger partial charge on any atom is 0.182 e. The van der Waals surface area contributed by atoms with E-state index in [-0.39, 0.29) is 5.43 Å². The van der Waals surface area contributed by atoms with Crippen LogP contribution in [0.25, 0.3) is 11.3 Å². The van der Waals surface area contributed by atoms with Crippen LogP contribution in [0.4, 0.5) is 0 Å². The van der Waals surface area contributed by atoms with Gasteiger partial charge in [0.1, 0.15) is 0 Å². The molecule has 0 saturated carbocycles. The molecule has 0 amide bonds. The number of hydrogen-bond acceptors (Lipinski definition) is 1. The molecule has 0 aliphatic heterocycles. The van der Waals surface area contributed by atoms with E-state index in [9.17, 15) is 4.79 Å². The first-order chi connectivity index (χ1) is 7.16. The molecule has 2 aromatic rings. The van der Waals surface area contributed by atoms with E-state index in [1.54, 1.807) is 12.1 Å². The molecule has 1 aromatic heterocycles. The Morgan fingerprint density at radius 1 is 1.07 bits per heavy atom. The van der Waals surface area contributed by atoms with Crippen LogP contribution in [0.1, 0.15) is 11.3 Å². The van der Waals surface area contributed by atoms with Crippen LogP contribution in [0.5, 0.6) is 0 Å². The molecule has 0 fully saturated rings. The molecule has 0 radical (unpaired) electrons. The molecule has 0 aliphatic rings. The summed E-state index contributed by atoms with van der Waals surface area (Å²) in [6.45, 7) is 3.93. The lowest BCUT2D eigenvalue weighted by atomic mass is 10.1. The van der Waals surface area contributed by atoms with E-state index < -0.39 is 0 Å². The molecule has 1 N–H and O–H groups in total. The summed E-state index contributed by atoms with van der Waals surface area (Å²) in [5, 5.41) is 0. The Morgan fingerprint density at radius 3 is 2.47 bits per heavy atom. The average molecular weight is 199 g/mol. The van der Waals surface area contributed by atoms with Crippen molar-refractivity contribution < 1.29 is 0 Å². The van der Waals surface area contributed by atoms with Crippen LogP contribution in [-0.4, -0.2) is 4.98 Å². The van der Waals surface area contributed by atoms with Crippen molar-refractivity contribution in [2.75, 3.05) is 0 Å². The maximum atomic E-state index is 11.4. The number of benzene rings is 1. The van der Waals surface area contributed by atoms with Crippen molar-refractivity contribution >= 4 is 0 Å². The summed E-state index contributed by atoms with van der Waals surface area (Å²) in [6, 6.07) is 11.3. The van der Waals surface area contributed by atoms with Crippen LogP contribution >= 0.6 is 0 Å². The number of pyridine rings is 1. The molecule has 15 heavy (non-hydrogen) atoms. The van der Waals surface area contributed by atoms with Gasteiger partial charge in [-0.15, -0.1) is 0 Å². The first-order valence-corrected chi connectivity index (χ1v) is 4.94. The number of rotatable bonds is 1. The predicted molar refractivity (Wildman–Crippen MR) is 62.0 cm³/mol. The van der Waals surface area contributed by atoms with Crippen LogP contribution in [0.3, 0.4) is 0 Å². The molecule has 1 aromatic carbocycles. The van der Waals surface area contributed by atoms with Gasteiger partial charge in [-0.1, -0.05) is 24.3 Å².